The van der Waals surface area contributed by atoms with Crippen LogP contribution in [0.3, 0.4) is 0 Å². The third-order valence-corrected chi connectivity index (χ3v) is 7.12. The maximum atomic E-state index is 10.6. The normalized spacial score (nSPS) is 10.7. The van der Waals surface area contributed by atoms with Crippen LogP contribution in [0.4, 0.5) is 17.2 Å². The van der Waals surface area contributed by atoms with Gasteiger partial charge >= 0.3 is 0 Å². The van der Waals surface area contributed by atoms with Crippen LogP contribution in [-0.2, 0) is 21.1 Å². The van der Waals surface area contributed by atoms with Crippen molar-refractivity contribution in [3.63, 3.8) is 0 Å². The van der Waals surface area contributed by atoms with E-state index in [1.165, 1.54) is 0 Å². The molecule has 0 atom stereocenters. The summed E-state index contributed by atoms with van der Waals surface area (Å²) in [6, 6.07) is 49.3. The van der Waals surface area contributed by atoms with Crippen LogP contribution in [0.2, 0.25) is 0 Å². The minimum atomic E-state index is 0. The fourth-order valence-electron chi connectivity index (χ4n) is 5.13. The smallest absolute Gasteiger partial charge is 0.154 e. The molecule has 0 fully saturated rings. The van der Waals surface area contributed by atoms with Crippen molar-refractivity contribution >= 4 is 28.0 Å². The Labute approximate surface area is 264 Å². The second-order valence-corrected chi connectivity index (χ2v) is 9.82. The number of para-hydroxylation sites is 1. The minimum absolute atomic E-state index is 0. The van der Waals surface area contributed by atoms with Crippen LogP contribution in [0.1, 0.15) is 0 Å². The van der Waals surface area contributed by atoms with E-state index in [2.05, 4.69) is 47.4 Å². The van der Waals surface area contributed by atoms with Gasteiger partial charge in [0.2, 0.25) is 0 Å². The van der Waals surface area contributed by atoms with Crippen molar-refractivity contribution < 1.29 is 26.2 Å². The largest absolute Gasteiger partial charge is 0.507 e. The van der Waals surface area contributed by atoms with E-state index in [0.717, 1.165) is 44.8 Å². The number of aromatic nitrogens is 3. The van der Waals surface area contributed by atoms with Gasteiger partial charge in [0.15, 0.2) is 5.82 Å². The summed E-state index contributed by atoms with van der Waals surface area (Å²) in [5.41, 5.74) is 5.61. The number of nitrogens with zero attached hydrogens (tertiary/aromatic N) is 4. The molecule has 0 saturated heterocycles. The summed E-state index contributed by atoms with van der Waals surface area (Å²) in [5.74, 6) is 1.35. The summed E-state index contributed by atoms with van der Waals surface area (Å²) >= 11 is 0. The Morgan fingerprint density at radius 1 is 0.628 bits per heavy atom. The summed E-state index contributed by atoms with van der Waals surface area (Å²) in [5, 5.41) is 12.9. The number of hydrogen-bond acceptors (Lipinski definition) is 5. The molecule has 7 aromatic rings. The first-order valence-electron chi connectivity index (χ1n) is 13.7. The van der Waals surface area contributed by atoms with Crippen LogP contribution in [0, 0.1) is 6.07 Å². The van der Waals surface area contributed by atoms with Crippen molar-refractivity contribution in [2.24, 2.45) is 0 Å². The Hall–Kier alpha value is -5.12. The van der Waals surface area contributed by atoms with Gasteiger partial charge in [-0.1, -0.05) is 91.0 Å². The SMILES string of the molecule is Oc1ccccc1-c1nc(-c2[c-]c(N(c3ccccn3)c3cccc4ccccc34)ccc2)cc(-c2ccccc2)n1.[Pt]. The number of fused-ring (bicyclic) bond motifs is 1. The first-order chi connectivity index (χ1) is 20.7. The van der Waals surface area contributed by atoms with Gasteiger partial charge < -0.3 is 10.0 Å². The molecule has 0 aliphatic carbocycles. The molecule has 0 radical (unpaired) electrons. The number of aromatic hydroxyl groups is 1. The fraction of sp³-hybridized carbons (Fsp3) is 0. The average molecular weight is 737 g/mol. The van der Waals surface area contributed by atoms with E-state index in [4.69, 9.17) is 15.0 Å². The molecule has 0 bridgehead atoms. The first kappa shape index (κ1) is 28.0. The van der Waals surface area contributed by atoms with Gasteiger partial charge in [-0.25, -0.2) is 9.97 Å². The predicted octanol–water partition coefficient (Wildman–Crippen LogP) is 9.00. The van der Waals surface area contributed by atoms with E-state index in [1.807, 2.05) is 91.0 Å². The maximum absolute atomic E-state index is 10.6. The van der Waals surface area contributed by atoms with E-state index < -0.39 is 0 Å². The summed E-state index contributed by atoms with van der Waals surface area (Å²) in [6.07, 6.45) is 1.80. The predicted molar refractivity (Wildman–Crippen MR) is 169 cm³/mol. The van der Waals surface area contributed by atoms with Crippen molar-refractivity contribution in [2.75, 3.05) is 4.90 Å². The Balaban J connectivity index is 0.00000329. The van der Waals surface area contributed by atoms with E-state index in [0.29, 0.717) is 17.1 Å². The zero-order chi connectivity index (χ0) is 28.3. The van der Waals surface area contributed by atoms with Crippen LogP contribution in [0.15, 0.2) is 146 Å². The van der Waals surface area contributed by atoms with E-state index in [-0.39, 0.29) is 26.8 Å². The van der Waals surface area contributed by atoms with Gasteiger partial charge in [0.1, 0.15) is 11.6 Å². The quantitative estimate of drug-likeness (QED) is 0.173. The Morgan fingerprint density at radius 2 is 1.35 bits per heavy atom. The maximum Gasteiger partial charge on any atom is 0.154 e. The van der Waals surface area contributed by atoms with Crippen molar-refractivity contribution in [3.05, 3.63) is 152 Å². The van der Waals surface area contributed by atoms with Crippen molar-refractivity contribution in [1.29, 1.82) is 0 Å². The monoisotopic (exact) mass is 736 g/mol. The second-order valence-electron chi connectivity index (χ2n) is 9.82. The molecule has 1 N–H and O–H groups in total. The molecule has 5 nitrogen and oxygen atoms in total. The Bertz CT molecular complexity index is 2010. The van der Waals surface area contributed by atoms with Crippen LogP contribution in [-0.4, -0.2) is 20.1 Å². The van der Waals surface area contributed by atoms with Gasteiger partial charge in [-0.2, -0.15) is 0 Å². The fourth-order valence-corrected chi connectivity index (χ4v) is 5.13. The van der Waals surface area contributed by atoms with Gasteiger partial charge in [-0.3, -0.25) is 4.98 Å². The Morgan fingerprint density at radius 3 is 2.19 bits per heavy atom. The van der Waals surface area contributed by atoms with Gasteiger partial charge in [0.05, 0.1) is 16.9 Å². The van der Waals surface area contributed by atoms with Gasteiger partial charge in [-0.15, -0.1) is 29.8 Å². The molecule has 0 aliphatic heterocycles. The third kappa shape index (κ3) is 5.68. The molecule has 0 saturated carbocycles. The van der Waals surface area contributed by atoms with Crippen LogP contribution < -0.4 is 4.90 Å². The number of phenolic OH excluding ortho intramolecular Hbond substituents is 1. The number of rotatable bonds is 6. The van der Waals surface area contributed by atoms with Crippen LogP contribution in [0.5, 0.6) is 5.75 Å². The third-order valence-electron chi connectivity index (χ3n) is 7.12. The van der Waals surface area contributed by atoms with E-state index in [1.54, 1.807) is 18.3 Å². The minimum Gasteiger partial charge on any atom is -0.507 e. The molecule has 5 aromatic carbocycles. The van der Waals surface area contributed by atoms with Crippen molar-refractivity contribution in [2.45, 2.75) is 0 Å². The molecular formula is C37H25N4OPt-. The summed E-state index contributed by atoms with van der Waals surface area (Å²) in [6.45, 7) is 0. The number of hydrogen-bond donors (Lipinski definition) is 1. The molecule has 7 rings (SSSR count). The van der Waals surface area contributed by atoms with Crippen LogP contribution >= 0.6 is 0 Å². The molecule has 210 valence electrons. The molecule has 0 unspecified atom stereocenters. The van der Waals surface area contributed by atoms with Crippen molar-refractivity contribution in [3.8, 4) is 39.7 Å². The summed E-state index contributed by atoms with van der Waals surface area (Å²) in [7, 11) is 0. The van der Waals surface area contributed by atoms with Crippen LogP contribution in [0.25, 0.3) is 44.7 Å². The number of pyridine rings is 1. The zero-order valence-corrected chi connectivity index (χ0v) is 25.2. The summed E-state index contributed by atoms with van der Waals surface area (Å²) < 4.78 is 0. The molecule has 0 aliphatic rings. The van der Waals surface area contributed by atoms with E-state index >= 15 is 0 Å². The standard InChI is InChI=1S/C37H25N4O.Pt/c42-35-21-7-6-19-31(35)37-39-32(27-13-2-1-3-14-27)25-33(40-37)28-16-10-17-29(24-28)41(36-22-8-9-23-38-36)34-20-11-15-26-12-4-5-18-30(26)34;/h1-23,25,42H;/q-1;. The summed E-state index contributed by atoms with van der Waals surface area (Å²) in [4.78, 5) is 16.6. The zero-order valence-electron chi connectivity index (χ0n) is 22.9. The average Bonchev–Trinajstić information content (AvgIpc) is 3.06. The number of anilines is 3. The topological polar surface area (TPSA) is 62.1 Å². The molecule has 43 heavy (non-hydrogen) atoms. The molecule has 2 heterocycles. The Kier molecular flexibility index (Phi) is 8.08. The number of phenols is 1. The molecular weight excluding hydrogens is 712 g/mol. The second kappa shape index (κ2) is 12.4. The van der Waals surface area contributed by atoms with Gasteiger partial charge in [0.25, 0.3) is 0 Å². The van der Waals surface area contributed by atoms with Crippen molar-refractivity contribution in [1.82, 2.24) is 15.0 Å². The van der Waals surface area contributed by atoms with E-state index in [9.17, 15) is 5.11 Å². The molecule has 0 amide bonds. The first-order valence-corrected chi connectivity index (χ1v) is 13.7. The molecule has 2 aromatic heterocycles. The van der Waals surface area contributed by atoms with Gasteiger partial charge in [-0.05, 0) is 52.7 Å². The molecule has 0 spiro atoms. The molecule has 6 heteroatoms. The number of benzene rings is 5. The van der Waals surface area contributed by atoms with Gasteiger partial charge in [0, 0.05) is 32.6 Å².